The Hall–Kier alpha value is -1.01. The van der Waals surface area contributed by atoms with Crippen LogP contribution in [0.25, 0.3) is 0 Å². The molecule has 0 aromatic heterocycles. The molecule has 7 heteroatoms. The summed E-state index contributed by atoms with van der Waals surface area (Å²) in [7, 11) is 1.65. The van der Waals surface area contributed by atoms with Crippen molar-refractivity contribution in [3.63, 3.8) is 0 Å². The third kappa shape index (κ3) is 5.84. The lowest BCUT2D eigenvalue weighted by Gasteiger charge is -2.32. The molecule has 2 rings (SSSR count). The minimum Gasteiger partial charge on any atom is -0.496 e. The van der Waals surface area contributed by atoms with Crippen molar-refractivity contribution in [2.24, 2.45) is 0 Å². The van der Waals surface area contributed by atoms with E-state index in [9.17, 15) is 4.79 Å². The van der Waals surface area contributed by atoms with Crippen LogP contribution >= 0.6 is 24.8 Å². The smallest absolute Gasteiger partial charge is 0.237 e. The van der Waals surface area contributed by atoms with Crippen LogP contribution in [0.3, 0.4) is 0 Å². The van der Waals surface area contributed by atoms with Crippen molar-refractivity contribution in [2.45, 2.75) is 25.9 Å². The van der Waals surface area contributed by atoms with Crippen LogP contribution in [-0.4, -0.2) is 50.1 Å². The van der Waals surface area contributed by atoms with Gasteiger partial charge in [0.2, 0.25) is 5.91 Å². The summed E-state index contributed by atoms with van der Waals surface area (Å²) in [5.74, 6) is 0.871. The lowest BCUT2D eigenvalue weighted by Crippen LogP contribution is -2.52. The van der Waals surface area contributed by atoms with Gasteiger partial charge in [0.15, 0.2) is 0 Å². The Kier molecular flexibility index (Phi) is 10.2. The molecule has 1 aromatic rings. The van der Waals surface area contributed by atoms with E-state index in [2.05, 4.69) is 15.5 Å². The van der Waals surface area contributed by atoms with Crippen LogP contribution < -0.4 is 15.4 Å². The second-order valence-corrected chi connectivity index (χ2v) is 5.43. The maximum absolute atomic E-state index is 12.4. The number of carbonyl (C=O) groups is 1. The number of benzene rings is 1. The topological polar surface area (TPSA) is 53.6 Å². The van der Waals surface area contributed by atoms with Crippen molar-refractivity contribution in [3.8, 4) is 5.75 Å². The molecule has 0 spiro atoms. The maximum atomic E-state index is 12.4. The van der Waals surface area contributed by atoms with Crippen molar-refractivity contribution >= 4 is 30.7 Å². The minimum atomic E-state index is -0.107. The number of amides is 1. The van der Waals surface area contributed by atoms with E-state index in [-0.39, 0.29) is 42.8 Å². The first kappa shape index (κ1) is 22.0. The standard InChI is InChI=1S/C16H25N3O2.2ClH/c1-12(14-6-4-5-7-15(14)21-3)18-16(20)13(2)19-10-8-17-9-11-19;;/h4-7,12-13,17H,8-11H2,1-3H3,(H,18,20);2*1H. The van der Waals surface area contributed by atoms with E-state index in [0.717, 1.165) is 37.5 Å². The van der Waals surface area contributed by atoms with E-state index in [4.69, 9.17) is 4.74 Å². The minimum absolute atomic E-state index is 0. The molecule has 1 aliphatic rings. The third-order valence-electron chi connectivity index (χ3n) is 4.04. The lowest BCUT2D eigenvalue weighted by atomic mass is 10.1. The Morgan fingerprint density at radius 1 is 1.22 bits per heavy atom. The summed E-state index contributed by atoms with van der Waals surface area (Å²) in [5.41, 5.74) is 1.00. The van der Waals surface area contributed by atoms with Crippen LogP contribution in [0.15, 0.2) is 24.3 Å². The normalized spacial score (nSPS) is 17.2. The molecule has 23 heavy (non-hydrogen) atoms. The van der Waals surface area contributed by atoms with Gasteiger partial charge in [-0.25, -0.2) is 0 Å². The van der Waals surface area contributed by atoms with E-state index >= 15 is 0 Å². The van der Waals surface area contributed by atoms with Crippen LogP contribution in [-0.2, 0) is 4.79 Å². The molecule has 1 fully saturated rings. The van der Waals surface area contributed by atoms with Gasteiger partial charge in [0.05, 0.1) is 19.2 Å². The van der Waals surface area contributed by atoms with Gasteiger partial charge < -0.3 is 15.4 Å². The molecule has 5 nitrogen and oxygen atoms in total. The van der Waals surface area contributed by atoms with Gasteiger partial charge in [0, 0.05) is 31.7 Å². The SMILES string of the molecule is COc1ccccc1C(C)NC(=O)C(C)N1CCNCC1.Cl.Cl. The molecule has 132 valence electrons. The number of ether oxygens (including phenoxy) is 1. The zero-order valence-electron chi connectivity index (χ0n) is 13.9. The molecule has 0 saturated carbocycles. The number of rotatable bonds is 5. The zero-order valence-corrected chi connectivity index (χ0v) is 15.5. The fraction of sp³-hybridized carbons (Fsp3) is 0.562. The van der Waals surface area contributed by atoms with Gasteiger partial charge in [-0.15, -0.1) is 24.8 Å². The maximum Gasteiger partial charge on any atom is 0.237 e. The first-order chi connectivity index (χ1) is 10.1. The highest BCUT2D eigenvalue weighted by Crippen LogP contribution is 2.24. The van der Waals surface area contributed by atoms with E-state index in [1.165, 1.54) is 0 Å². The van der Waals surface area contributed by atoms with E-state index < -0.39 is 0 Å². The van der Waals surface area contributed by atoms with Gasteiger partial charge in [-0.2, -0.15) is 0 Å². The molecule has 2 N–H and O–H groups in total. The van der Waals surface area contributed by atoms with Gasteiger partial charge in [0.25, 0.3) is 0 Å². The van der Waals surface area contributed by atoms with Crippen LogP contribution in [0.5, 0.6) is 5.75 Å². The van der Waals surface area contributed by atoms with Crippen molar-refractivity contribution in [2.75, 3.05) is 33.3 Å². The molecule has 1 aliphatic heterocycles. The van der Waals surface area contributed by atoms with Crippen LogP contribution in [0.4, 0.5) is 0 Å². The monoisotopic (exact) mass is 363 g/mol. The molecule has 0 radical (unpaired) electrons. The number of piperazine rings is 1. The fourth-order valence-corrected chi connectivity index (χ4v) is 2.67. The highest BCUT2D eigenvalue weighted by atomic mass is 35.5. The number of hydrogen-bond acceptors (Lipinski definition) is 4. The summed E-state index contributed by atoms with van der Waals surface area (Å²) >= 11 is 0. The predicted octanol–water partition coefficient (Wildman–Crippen LogP) is 2.01. The number of halogens is 2. The molecular weight excluding hydrogens is 337 g/mol. The second-order valence-electron chi connectivity index (χ2n) is 5.43. The molecule has 2 unspecified atom stereocenters. The van der Waals surface area contributed by atoms with Crippen molar-refractivity contribution in [1.29, 1.82) is 0 Å². The number of para-hydroxylation sites is 1. The summed E-state index contributed by atoms with van der Waals surface area (Å²) in [6, 6.07) is 7.61. The Labute approximate surface area is 151 Å². The molecule has 1 saturated heterocycles. The van der Waals surface area contributed by atoms with Gasteiger partial charge in [-0.1, -0.05) is 18.2 Å². The Bertz CT molecular complexity index is 482. The fourth-order valence-electron chi connectivity index (χ4n) is 2.67. The summed E-state index contributed by atoms with van der Waals surface area (Å²) in [4.78, 5) is 14.6. The van der Waals surface area contributed by atoms with E-state index in [1.54, 1.807) is 7.11 Å². The molecule has 1 amide bonds. The number of carbonyl (C=O) groups excluding carboxylic acids is 1. The van der Waals surface area contributed by atoms with Crippen LogP contribution in [0.2, 0.25) is 0 Å². The molecule has 0 aliphatic carbocycles. The van der Waals surface area contributed by atoms with Crippen molar-refractivity contribution < 1.29 is 9.53 Å². The number of nitrogens with one attached hydrogen (secondary N) is 2. The summed E-state index contributed by atoms with van der Waals surface area (Å²) in [5, 5.41) is 6.39. The number of nitrogens with zero attached hydrogens (tertiary/aromatic N) is 1. The Balaban J connectivity index is 0.00000242. The van der Waals surface area contributed by atoms with Gasteiger partial charge in [0.1, 0.15) is 5.75 Å². The van der Waals surface area contributed by atoms with Crippen molar-refractivity contribution in [3.05, 3.63) is 29.8 Å². The predicted molar refractivity (Wildman–Crippen MR) is 98.0 cm³/mol. The first-order valence-electron chi connectivity index (χ1n) is 7.51. The third-order valence-corrected chi connectivity index (χ3v) is 4.04. The molecular formula is C16H27Cl2N3O2. The summed E-state index contributed by atoms with van der Waals surface area (Å²) < 4.78 is 5.35. The molecule has 1 aromatic carbocycles. The van der Waals surface area contributed by atoms with Gasteiger partial charge >= 0.3 is 0 Å². The molecule has 2 atom stereocenters. The van der Waals surface area contributed by atoms with E-state index in [1.807, 2.05) is 38.1 Å². The molecule has 1 heterocycles. The van der Waals surface area contributed by atoms with Gasteiger partial charge in [-0.3, -0.25) is 9.69 Å². The largest absolute Gasteiger partial charge is 0.496 e. The average molecular weight is 364 g/mol. The van der Waals surface area contributed by atoms with Gasteiger partial charge in [-0.05, 0) is 19.9 Å². The van der Waals surface area contributed by atoms with Crippen LogP contribution in [0.1, 0.15) is 25.5 Å². The highest BCUT2D eigenvalue weighted by molar-refractivity contribution is 5.85. The summed E-state index contributed by atoms with van der Waals surface area (Å²) in [6.07, 6.45) is 0. The zero-order chi connectivity index (χ0) is 15.2. The Morgan fingerprint density at radius 2 is 1.83 bits per heavy atom. The van der Waals surface area contributed by atoms with Crippen LogP contribution in [0, 0.1) is 0 Å². The summed E-state index contributed by atoms with van der Waals surface area (Å²) in [6.45, 7) is 7.67. The Morgan fingerprint density at radius 3 is 2.43 bits per heavy atom. The first-order valence-corrected chi connectivity index (χ1v) is 7.51. The quantitative estimate of drug-likeness (QED) is 0.839. The number of hydrogen-bond donors (Lipinski definition) is 2. The molecule has 0 bridgehead atoms. The second kappa shape index (κ2) is 10.7. The lowest BCUT2D eigenvalue weighted by molar-refractivity contribution is -0.126. The van der Waals surface area contributed by atoms with Crippen molar-refractivity contribution in [1.82, 2.24) is 15.5 Å². The average Bonchev–Trinajstić information content (AvgIpc) is 2.54. The van der Waals surface area contributed by atoms with E-state index in [0.29, 0.717) is 0 Å². The number of methoxy groups -OCH3 is 1. The highest BCUT2D eigenvalue weighted by Gasteiger charge is 2.24.